The maximum absolute atomic E-state index is 12.6. The van der Waals surface area contributed by atoms with Crippen molar-refractivity contribution in [1.82, 2.24) is 20.0 Å². The van der Waals surface area contributed by atoms with Gasteiger partial charge in [0.05, 0.1) is 6.61 Å². The zero-order valence-corrected chi connectivity index (χ0v) is 18.6. The summed E-state index contributed by atoms with van der Waals surface area (Å²) in [5.41, 5.74) is 2.17. The molecule has 32 heavy (non-hydrogen) atoms. The average Bonchev–Trinajstić information content (AvgIpc) is 3.30. The van der Waals surface area contributed by atoms with Gasteiger partial charge >= 0.3 is 0 Å². The number of rotatable bonds is 9. The second-order valence-corrected chi connectivity index (χ2v) is 7.95. The normalized spacial score (nSPS) is 14.5. The van der Waals surface area contributed by atoms with Gasteiger partial charge < -0.3 is 14.1 Å². The summed E-state index contributed by atoms with van der Waals surface area (Å²) in [5.74, 6) is 2.21. The van der Waals surface area contributed by atoms with E-state index in [1.165, 1.54) is 5.56 Å². The summed E-state index contributed by atoms with van der Waals surface area (Å²) in [6.07, 6.45) is 1.83. The number of nitrogens with zero attached hydrogens (tertiary/aromatic N) is 4. The van der Waals surface area contributed by atoms with Crippen molar-refractivity contribution in [3.63, 3.8) is 0 Å². The predicted octanol–water partition coefficient (Wildman–Crippen LogP) is 3.80. The standard InChI is InChI=1S/C25H30N4O3/c1-2-31-22-13-11-20(12-14-22)19-28-15-17-29(18-16-28)24(30)10-6-9-23-26-27-25(32-23)21-7-4-3-5-8-21/h3-5,7-8,11-14H,2,6,9-10,15-19H2,1H3. The third kappa shape index (κ3) is 5.95. The summed E-state index contributed by atoms with van der Waals surface area (Å²) in [5, 5.41) is 8.22. The minimum atomic E-state index is 0.202. The Balaban J connectivity index is 1.17. The van der Waals surface area contributed by atoms with Crippen molar-refractivity contribution >= 4 is 5.91 Å². The van der Waals surface area contributed by atoms with Gasteiger partial charge in [0.1, 0.15) is 5.75 Å². The number of ether oxygens (including phenoxy) is 1. The van der Waals surface area contributed by atoms with Gasteiger partial charge in [0, 0.05) is 51.1 Å². The lowest BCUT2D eigenvalue weighted by Crippen LogP contribution is -2.48. The SMILES string of the molecule is CCOc1ccc(CN2CCN(C(=O)CCCc3nnc(-c4ccccc4)o3)CC2)cc1. The molecule has 2 aromatic carbocycles. The molecule has 1 aromatic heterocycles. The zero-order chi connectivity index (χ0) is 22.2. The van der Waals surface area contributed by atoms with Crippen molar-refractivity contribution in [1.29, 1.82) is 0 Å². The van der Waals surface area contributed by atoms with E-state index >= 15 is 0 Å². The number of benzene rings is 2. The fraction of sp³-hybridized carbons (Fsp3) is 0.400. The molecule has 4 rings (SSSR count). The fourth-order valence-electron chi connectivity index (χ4n) is 3.87. The van der Waals surface area contributed by atoms with E-state index in [2.05, 4.69) is 27.2 Å². The molecule has 0 atom stereocenters. The van der Waals surface area contributed by atoms with Crippen LogP contribution in [0, 0.1) is 0 Å². The van der Waals surface area contributed by atoms with E-state index < -0.39 is 0 Å². The Kier molecular flexibility index (Phi) is 7.51. The molecule has 7 nitrogen and oxygen atoms in total. The summed E-state index contributed by atoms with van der Waals surface area (Å²) in [7, 11) is 0. The van der Waals surface area contributed by atoms with E-state index in [-0.39, 0.29) is 5.91 Å². The first kappa shape index (κ1) is 22.0. The number of carbonyl (C=O) groups excluding carboxylic acids is 1. The quantitative estimate of drug-likeness (QED) is 0.510. The highest BCUT2D eigenvalue weighted by Crippen LogP contribution is 2.18. The molecule has 0 N–H and O–H groups in total. The highest BCUT2D eigenvalue weighted by atomic mass is 16.5. The Bertz CT molecular complexity index is 980. The molecule has 0 bridgehead atoms. The van der Waals surface area contributed by atoms with Gasteiger partial charge in [0.2, 0.25) is 17.7 Å². The zero-order valence-electron chi connectivity index (χ0n) is 18.6. The van der Waals surface area contributed by atoms with Gasteiger partial charge in [-0.05, 0) is 43.2 Å². The highest BCUT2D eigenvalue weighted by Gasteiger charge is 2.21. The highest BCUT2D eigenvalue weighted by molar-refractivity contribution is 5.76. The van der Waals surface area contributed by atoms with Gasteiger partial charge in [0.25, 0.3) is 0 Å². The summed E-state index contributed by atoms with van der Waals surface area (Å²) in [6.45, 7) is 6.89. The van der Waals surface area contributed by atoms with Crippen molar-refractivity contribution in [3.05, 3.63) is 66.1 Å². The first-order valence-electron chi connectivity index (χ1n) is 11.3. The Morgan fingerprint density at radius 2 is 1.75 bits per heavy atom. The number of aryl methyl sites for hydroxylation is 1. The van der Waals surface area contributed by atoms with Gasteiger partial charge in [-0.25, -0.2) is 0 Å². The summed E-state index contributed by atoms with van der Waals surface area (Å²) < 4.78 is 11.2. The molecule has 1 aliphatic rings. The van der Waals surface area contributed by atoms with Gasteiger partial charge in [-0.1, -0.05) is 30.3 Å². The molecule has 7 heteroatoms. The number of piperazine rings is 1. The first-order chi connectivity index (χ1) is 15.7. The molecule has 0 aliphatic carbocycles. The molecule has 0 unspecified atom stereocenters. The van der Waals surface area contributed by atoms with Crippen LogP contribution in [0.5, 0.6) is 5.75 Å². The number of amides is 1. The summed E-state index contributed by atoms with van der Waals surface area (Å²) >= 11 is 0. The van der Waals surface area contributed by atoms with Crippen LogP contribution in [0.4, 0.5) is 0 Å². The number of hydrogen-bond acceptors (Lipinski definition) is 6. The Hall–Kier alpha value is -3.19. The number of carbonyl (C=O) groups is 1. The molecule has 0 saturated carbocycles. The van der Waals surface area contributed by atoms with E-state index in [9.17, 15) is 4.79 Å². The average molecular weight is 435 g/mol. The Morgan fingerprint density at radius 3 is 2.47 bits per heavy atom. The lowest BCUT2D eigenvalue weighted by atomic mass is 10.1. The summed E-state index contributed by atoms with van der Waals surface area (Å²) in [6, 6.07) is 18.0. The fourth-order valence-corrected chi connectivity index (χ4v) is 3.87. The largest absolute Gasteiger partial charge is 0.494 e. The molecule has 168 valence electrons. The molecule has 0 spiro atoms. The molecule has 1 saturated heterocycles. The van der Waals surface area contributed by atoms with Crippen LogP contribution in [-0.4, -0.2) is 58.7 Å². The monoisotopic (exact) mass is 434 g/mol. The third-order valence-electron chi connectivity index (χ3n) is 5.63. The predicted molar refractivity (Wildman–Crippen MR) is 122 cm³/mol. The van der Waals surface area contributed by atoms with Crippen LogP contribution in [-0.2, 0) is 17.8 Å². The van der Waals surface area contributed by atoms with E-state index in [1.54, 1.807) is 0 Å². The lowest BCUT2D eigenvalue weighted by Gasteiger charge is -2.34. The molecule has 0 radical (unpaired) electrons. The molecule has 1 fully saturated rings. The molecular formula is C25H30N4O3. The first-order valence-corrected chi connectivity index (χ1v) is 11.3. The van der Waals surface area contributed by atoms with Crippen LogP contribution in [0.15, 0.2) is 59.0 Å². The van der Waals surface area contributed by atoms with E-state index in [0.717, 1.165) is 44.0 Å². The maximum atomic E-state index is 12.6. The molecule has 1 aliphatic heterocycles. The second-order valence-electron chi connectivity index (χ2n) is 7.95. The van der Waals surface area contributed by atoms with Gasteiger partial charge in [-0.15, -0.1) is 10.2 Å². The van der Waals surface area contributed by atoms with Gasteiger partial charge in [-0.3, -0.25) is 9.69 Å². The molecular weight excluding hydrogens is 404 g/mol. The van der Waals surface area contributed by atoms with Crippen LogP contribution in [0.2, 0.25) is 0 Å². The third-order valence-corrected chi connectivity index (χ3v) is 5.63. The molecule has 2 heterocycles. The van der Waals surface area contributed by atoms with Gasteiger partial charge in [0.15, 0.2) is 0 Å². The summed E-state index contributed by atoms with van der Waals surface area (Å²) in [4.78, 5) is 17.0. The lowest BCUT2D eigenvalue weighted by molar-refractivity contribution is -0.133. The van der Waals surface area contributed by atoms with Crippen LogP contribution in [0.1, 0.15) is 31.2 Å². The smallest absolute Gasteiger partial charge is 0.247 e. The minimum absolute atomic E-state index is 0.202. The Morgan fingerprint density at radius 1 is 1.00 bits per heavy atom. The number of aromatic nitrogens is 2. The van der Waals surface area contributed by atoms with Crippen molar-refractivity contribution < 1.29 is 13.9 Å². The topological polar surface area (TPSA) is 71.7 Å². The van der Waals surface area contributed by atoms with E-state index in [0.29, 0.717) is 37.7 Å². The second kappa shape index (κ2) is 10.9. The Labute approximate surface area is 189 Å². The maximum Gasteiger partial charge on any atom is 0.247 e. The van der Waals surface area contributed by atoms with E-state index in [4.69, 9.17) is 9.15 Å². The van der Waals surface area contributed by atoms with E-state index in [1.807, 2.05) is 54.3 Å². The molecule has 3 aromatic rings. The van der Waals surface area contributed by atoms with Crippen molar-refractivity contribution in [2.75, 3.05) is 32.8 Å². The van der Waals surface area contributed by atoms with Crippen molar-refractivity contribution in [3.8, 4) is 17.2 Å². The minimum Gasteiger partial charge on any atom is -0.494 e. The van der Waals surface area contributed by atoms with Crippen LogP contribution in [0.25, 0.3) is 11.5 Å². The molecule has 1 amide bonds. The van der Waals surface area contributed by atoms with Crippen molar-refractivity contribution in [2.24, 2.45) is 0 Å². The van der Waals surface area contributed by atoms with Gasteiger partial charge in [-0.2, -0.15) is 0 Å². The van der Waals surface area contributed by atoms with Crippen molar-refractivity contribution in [2.45, 2.75) is 32.7 Å². The number of hydrogen-bond donors (Lipinski definition) is 0. The van der Waals surface area contributed by atoms with Crippen LogP contribution < -0.4 is 4.74 Å². The van der Waals surface area contributed by atoms with Crippen LogP contribution in [0.3, 0.4) is 0 Å². The van der Waals surface area contributed by atoms with Crippen LogP contribution >= 0.6 is 0 Å².